The van der Waals surface area contributed by atoms with E-state index in [1.165, 1.54) is 0 Å². The average Bonchev–Trinajstić information content (AvgIpc) is 3.09. The maximum atomic E-state index is 13.0. The third kappa shape index (κ3) is 3.39. The number of aromatic nitrogens is 3. The van der Waals surface area contributed by atoms with Crippen LogP contribution in [0.4, 0.5) is 0 Å². The first-order chi connectivity index (χ1) is 13.5. The van der Waals surface area contributed by atoms with Gasteiger partial charge in [0.2, 0.25) is 5.91 Å². The van der Waals surface area contributed by atoms with Crippen molar-refractivity contribution in [1.82, 2.24) is 20.1 Å². The predicted octanol–water partition coefficient (Wildman–Crippen LogP) is 3.55. The summed E-state index contributed by atoms with van der Waals surface area (Å²) in [7, 11) is 0. The number of para-hydroxylation sites is 1. The van der Waals surface area contributed by atoms with E-state index < -0.39 is 0 Å². The Kier molecular flexibility index (Phi) is 4.88. The minimum Gasteiger partial charge on any atom is -0.352 e. The van der Waals surface area contributed by atoms with Gasteiger partial charge in [0.05, 0.1) is 10.9 Å². The standard InChI is InChI=1S/C21H19ClN4O2/c1-13-19-20(25-24-13)16-4-2-3-5-17(16)26(21(19)28)11-10-18(27)23-12-14-6-8-15(22)9-7-14/h2-9H,10-12H2,1H3,(H,23,27)(H,24,25). The molecule has 0 unspecified atom stereocenters. The van der Waals surface area contributed by atoms with Crippen LogP contribution in [0.5, 0.6) is 0 Å². The van der Waals surface area contributed by atoms with E-state index in [-0.39, 0.29) is 17.9 Å². The Bertz CT molecular complexity index is 1230. The van der Waals surface area contributed by atoms with Gasteiger partial charge >= 0.3 is 0 Å². The Hall–Kier alpha value is -3.12. The number of carbonyl (C=O) groups is 1. The fraction of sp³-hybridized carbons (Fsp3) is 0.190. The molecule has 2 heterocycles. The predicted molar refractivity (Wildman–Crippen MR) is 111 cm³/mol. The zero-order valence-corrected chi connectivity index (χ0v) is 16.1. The van der Waals surface area contributed by atoms with E-state index >= 15 is 0 Å². The number of fused-ring (bicyclic) bond motifs is 3. The number of nitrogens with one attached hydrogen (secondary N) is 2. The van der Waals surface area contributed by atoms with Crippen LogP contribution in [-0.4, -0.2) is 20.7 Å². The van der Waals surface area contributed by atoms with Gasteiger partial charge in [0.15, 0.2) is 0 Å². The molecule has 142 valence electrons. The molecule has 4 rings (SSSR count). The van der Waals surface area contributed by atoms with Gasteiger partial charge in [-0.25, -0.2) is 0 Å². The molecule has 1 amide bonds. The average molecular weight is 395 g/mol. The summed E-state index contributed by atoms with van der Waals surface area (Å²) in [6, 6.07) is 14.9. The number of hydrogen-bond acceptors (Lipinski definition) is 3. The number of aryl methyl sites for hydroxylation is 2. The highest BCUT2D eigenvalue weighted by molar-refractivity contribution is 6.30. The van der Waals surface area contributed by atoms with Gasteiger partial charge in [0, 0.05) is 35.6 Å². The van der Waals surface area contributed by atoms with E-state index in [0.717, 1.165) is 22.2 Å². The van der Waals surface area contributed by atoms with Crippen molar-refractivity contribution < 1.29 is 4.79 Å². The number of hydrogen-bond donors (Lipinski definition) is 2. The number of carbonyl (C=O) groups excluding carboxylic acids is 1. The van der Waals surface area contributed by atoms with E-state index in [1.807, 2.05) is 43.3 Å². The maximum Gasteiger partial charge on any atom is 0.262 e. The summed E-state index contributed by atoms with van der Waals surface area (Å²) >= 11 is 5.87. The molecule has 0 atom stereocenters. The lowest BCUT2D eigenvalue weighted by atomic mass is 10.1. The minimum atomic E-state index is -0.134. The number of halogens is 1. The van der Waals surface area contributed by atoms with Crippen LogP contribution in [-0.2, 0) is 17.9 Å². The number of pyridine rings is 1. The molecular weight excluding hydrogens is 376 g/mol. The van der Waals surface area contributed by atoms with E-state index in [1.54, 1.807) is 16.7 Å². The molecule has 2 N–H and O–H groups in total. The Morgan fingerprint density at radius 2 is 1.93 bits per heavy atom. The third-order valence-corrected chi connectivity index (χ3v) is 5.07. The molecule has 0 spiro atoms. The smallest absolute Gasteiger partial charge is 0.262 e. The second-order valence-electron chi connectivity index (χ2n) is 6.70. The number of H-pyrrole nitrogens is 1. The SMILES string of the molecule is Cc1[nH]nc2c1c(=O)n(CCC(=O)NCc1ccc(Cl)cc1)c1ccccc21. The van der Waals surface area contributed by atoms with Crippen molar-refractivity contribution in [3.63, 3.8) is 0 Å². The van der Waals surface area contributed by atoms with Crippen molar-refractivity contribution in [2.75, 3.05) is 0 Å². The summed E-state index contributed by atoms with van der Waals surface area (Å²) in [5.74, 6) is -0.116. The number of aromatic amines is 1. The Labute approximate surface area is 166 Å². The van der Waals surface area contributed by atoms with Crippen molar-refractivity contribution >= 4 is 39.3 Å². The summed E-state index contributed by atoms with van der Waals surface area (Å²) in [6.07, 6.45) is 0.208. The van der Waals surface area contributed by atoms with Crippen LogP contribution in [0.3, 0.4) is 0 Å². The molecular formula is C21H19ClN4O2. The van der Waals surface area contributed by atoms with Crippen LogP contribution in [0.1, 0.15) is 17.7 Å². The summed E-state index contributed by atoms with van der Waals surface area (Å²) in [6.45, 7) is 2.55. The molecule has 0 radical (unpaired) electrons. The monoisotopic (exact) mass is 394 g/mol. The molecule has 0 saturated heterocycles. The first-order valence-electron chi connectivity index (χ1n) is 9.02. The van der Waals surface area contributed by atoms with E-state index in [9.17, 15) is 9.59 Å². The lowest BCUT2D eigenvalue weighted by Gasteiger charge is -2.11. The first-order valence-corrected chi connectivity index (χ1v) is 9.40. The van der Waals surface area contributed by atoms with Gasteiger partial charge in [-0.15, -0.1) is 0 Å². The zero-order chi connectivity index (χ0) is 19.7. The van der Waals surface area contributed by atoms with Crippen molar-refractivity contribution in [2.24, 2.45) is 0 Å². The van der Waals surface area contributed by atoms with E-state index in [4.69, 9.17) is 11.6 Å². The number of benzene rings is 2. The van der Waals surface area contributed by atoms with Crippen LogP contribution in [0.15, 0.2) is 53.3 Å². The van der Waals surface area contributed by atoms with Crippen LogP contribution in [0.25, 0.3) is 21.8 Å². The van der Waals surface area contributed by atoms with Crippen LogP contribution >= 0.6 is 11.6 Å². The van der Waals surface area contributed by atoms with Crippen molar-refractivity contribution in [3.05, 3.63) is 75.2 Å². The first kappa shape index (κ1) is 18.3. The van der Waals surface area contributed by atoms with Gasteiger partial charge in [0.25, 0.3) is 5.56 Å². The van der Waals surface area contributed by atoms with Gasteiger partial charge in [-0.1, -0.05) is 41.9 Å². The molecule has 0 saturated carbocycles. The molecule has 0 aliphatic carbocycles. The molecule has 6 nitrogen and oxygen atoms in total. The maximum absolute atomic E-state index is 13.0. The largest absolute Gasteiger partial charge is 0.352 e. The lowest BCUT2D eigenvalue weighted by Crippen LogP contribution is -2.27. The van der Waals surface area contributed by atoms with Crippen LogP contribution in [0, 0.1) is 6.92 Å². The third-order valence-electron chi connectivity index (χ3n) is 4.82. The van der Waals surface area contributed by atoms with E-state index in [2.05, 4.69) is 15.5 Å². The lowest BCUT2D eigenvalue weighted by molar-refractivity contribution is -0.121. The second-order valence-corrected chi connectivity index (χ2v) is 7.14. The second kappa shape index (κ2) is 7.48. The van der Waals surface area contributed by atoms with Gasteiger partial charge in [0.1, 0.15) is 5.52 Å². The molecule has 0 aliphatic heterocycles. The Morgan fingerprint density at radius 3 is 2.71 bits per heavy atom. The number of rotatable bonds is 5. The number of nitrogens with zero attached hydrogens (tertiary/aromatic N) is 2. The molecule has 0 fully saturated rings. The molecule has 2 aromatic carbocycles. The van der Waals surface area contributed by atoms with Gasteiger partial charge < -0.3 is 9.88 Å². The molecule has 28 heavy (non-hydrogen) atoms. The van der Waals surface area contributed by atoms with Gasteiger partial charge in [-0.2, -0.15) is 5.10 Å². The fourth-order valence-electron chi connectivity index (χ4n) is 3.37. The molecule has 0 aliphatic rings. The summed E-state index contributed by atoms with van der Waals surface area (Å²) in [4.78, 5) is 25.3. The fourth-order valence-corrected chi connectivity index (χ4v) is 3.49. The van der Waals surface area contributed by atoms with Crippen molar-refractivity contribution in [3.8, 4) is 0 Å². The quantitative estimate of drug-likeness (QED) is 0.543. The van der Waals surface area contributed by atoms with Crippen LogP contribution < -0.4 is 10.9 Å². The summed E-state index contributed by atoms with van der Waals surface area (Å²) in [5.41, 5.74) is 3.01. The van der Waals surface area contributed by atoms with Gasteiger partial charge in [-0.3, -0.25) is 14.7 Å². The Morgan fingerprint density at radius 1 is 1.18 bits per heavy atom. The van der Waals surface area contributed by atoms with Gasteiger partial charge in [-0.05, 0) is 30.7 Å². The molecule has 4 aromatic rings. The molecule has 0 bridgehead atoms. The minimum absolute atomic E-state index is 0.116. The highest BCUT2D eigenvalue weighted by atomic mass is 35.5. The summed E-state index contributed by atoms with van der Waals surface area (Å²) < 4.78 is 1.65. The highest BCUT2D eigenvalue weighted by Crippen LogP contribution is 2.22. The molecule has 7 heteroatoms. The Balaban J connectivity index is 1.56. The van der Waals surface area contributed by atoms with Crippen LogP contribution in [0.2, 0.25) is 5.02 Å². The van der Waals surface area contributed by atoms with E-state index in [0.29, 0.717) is 29.0 Å². The van der Waals surface area contributed by atoms with Crippen molar-refractivity contribution in [2.45, 2.75) is 26.4 Å². The summed E-state index contributed by atoms with van der Waals surface area (Å²) in [5, 5.41) is 12.2. The van der Waals surface area contributed by atoms with Crippen molar-refractivity contribution in [1.29, 1.82) is 0 Å². The molecule has 2 aromatic heterocycles. The zero-order valence-electron chi connectivity index (χ0n) is 15.3. The number of amides is 1. The highest BCUT2D eigenvalue weighted by Gasteiger charge is 2.15. The topological polar surface area (TPSA) is 79.8 Å². The normalized spacial score (nSPS) is 11.2.